The van der Waals surface area contributed by atoms with Crippen molar-refractivity contribution < 1.29 is 14.4 Å². The van der Waals surface area contributed by atoms with Gasteiger partial charge in [-0.1, -0.05) is 60.8 Å². The highest BCUT2D eigenvalue weighted by Crippen LogP contribution is 2.25. The summed E-state index contributed by atoms with van der Waals surface area (Å²) in [7, 11) is 0. The van der Waals surface area contributed by atoms with E-state index in [-0.39, 0.29) is 23.8 Å². The van der Waals surface area contributed by atoms with Crippen LogP contribution in [0.2, 0.25) is 0 Å². The molecule has 3 aliphatic rings. The molecule has 0 amide bonds. The fourth-order valence-electron chi connectivity index (χ4n) is 2.99. The maximum absolute atomic E-state index is 12.4. The summed E-state index contributed by atoms with van der Waals surface area (Å²) in [6, 6.07) is 0. The molecule has 0 spiro atoms. The van der Waals surface area contributed by atoms with Crippen LogP contribution in [0.5, 0.6) is 0 Å². The lowest BCUT2D eigenvalue weighted by Crippen LogP contribution is -2.38. The number of Topliss-reactive ketones (excluding diaryl/α,β-unsaturated/α-hetero) is 3. The maximum Gasteiger partial charge on any atom is 0.291 e. The second-order valence-corrected chi connectivity index (χ2v) is 6.07. The minimum Gasteiger partial charge on any atom is -0.362 e. The van der Waals surface area contributed by atoms with E-state index in [2.05, 4.69) is 0 Å². The highest BCUT2D eigenvalue weighted by atomic mass is 16.1. The van der Waals surface area contributed by atoms with Crippen LogP contribution in [-0.4, -0.2) is 24.2 Å². The van der Waals surface area contributed by atoms with Crippen molar-refractivity contribution in [3.8, 4) is 0 Å². The molecule has 0 atom stereocenters. The Hall–Kier alpha value is -2.79. The lowest BCUT2D eigenvalue weighted by atomic mass is 9.46. The Bertz CT molecular complexity index is 850. The van der Waals surface area contributed by atoms with E-state index in [4.69, 9.17) is 5.64 Å². The van der Waals surface area contributed by atoms with E-state index < -0.39 is 6.85 Å². The number of hydrogen-bond donors (Lipinski definition) is 1. The molecule has 0 unspecified atom stereocenters. The number of nitrogens with two attached hydrogens (primary N) is 1. The van der Waals surface area contributed by atoms with E-state index in [1.165, 1.54) is 0 Å². The van der Waals surface area contributed by atoms with E-state index in [1.807, 2.05) is 0 Å². The van der Waals surface area contributed by atoms with Crippen LogP contribution >= 0.6 is 0 Å². The van der Waals surface area contributed by atoms with Crippen LogP contribution in [0.15, 0.2) is 82.9 Å². The fraction of sp³-hybridized carbons (Fsp3) is 0.150. The van der Waals surface area contributed by atoms with Crippen molar-refractivity contribution >= 4 is 24.2 Å². The molecule has 25 heavy (non-hydrogen) atoms. The molecule has 0 saturated carbocycles. The second kappa shape index (κ2) is 7.41. The molecule has 0 fully saturated rings. The summed E-state index contributed by atoms with van der Waals surface area (Å²) in [4.78, 5) is 36.7. The standard InChI is InChI=1S/C20H18BNO3/c22-21(16-9-3-6-12-20(16)25)17(15-8-2-5-11-19(15)24)13-14-7-1-4-10-18(14)23/h1-9,13H,10-12,22H2. The number of rotatable bonds is 4. The first kappa shape index (κ1) is 17.1. The summed E-state index contributed by atoms with van der Waals surface area (Å²) >= 11 is 0. The molecule has 3 rings (SSSR count). The molecule has 0 radical (unpaired) electrons. The SMILES string of the molecule is NB(C1=CC=CCC1=O)C(=CC1=CC=CCC1=O)C1=CC=CCC1=O. The topological polar surface area (TPSA) is 77.2 Å². The zero-order valence-corrected chi connectivity index (χ0v) is 13.8. The summed E-state index contributed by atoms with van der Waals surface area (Å²) < 4.78 is 0. The smallest absolute Gasteiger partial charge is 0.291 e. The van der Waals surface area contributed by atoms with Crippen LogP contribution < -0.4 is 5.64 Å². The largest absolute Gasteiger partial charge is 0.362 e. The number of hydrogen-bond acceptors (Lipinski definition) is 4. The van der Waals surface area contributed by atoms with Gasteiger partial charge in [-0.15, -0.1) is 0 Å². The van der Waals surface area contributed by atoms with E-state index in [1.54, 1.807) is 60.8 Å². The van der Waals surface area contributed by atoms with Gasteiger partial charge in [-0.25, -0.2) is 0 Å². The van der Waals surface area contributed by atoms with Gasteiger partial charge >= 0.3 is 0 Å². The van der Waals surface area contributed by atoms with Crippen LogP contribution in [0, 0.1) is 0 Å². The first-order valence-electron chi connectivity index (χ1n) is 8.25. The highest BCUT2D eigenvalue weighted by molar-refractivity contribution is 6.77. The Labute approximate surface area is 146 Å². The molecule has 0 bridgehead atoms. The van der Waals surface area contributed by atoms with Gasteiger partial charge in [0.2, 0.25) is 0 Å². The summed E-state index contributed by atoms with van der Waals surface area (Å²) in [6.45, 7) is -0.751. The first-order valence-corrected chi connectivity index (χ1v) is 8.25. The van der Waals surface area contributed by atoms with Crippen molar-refractivity contribution in [2.45, 2.75) is 19.3 Å². The number of ketones is 3. The molecule has 2 N–H and O–H groups in total. The zero-order chi connectivity index (χ0) is 17.8. The van der Waals surface area contributed by atoms with Gasteiger partial charge in [0.15, 0.2) is 17.3 Å². The minimum atomic E-state index is -0.751. The highest BCUT2D eigenvalue weighted by Gasteiger charge is 2.30. The average Bonchev–Trinajstić information content (AvgIpc) is 2.62. The normalized spacial score (nSPS) is 20.4. The van der Waals surface area contributed by atoms with Crippen molar-refractivity contribution in [3.63, 3.8) is 0 Å². The molecule has 0 saturated heterocycles. The number of carbonyl (C=O) groups excluding carboxylic acids is 3. The molecule has 5 heteroatoms. The molecule has 0 heterocycles. The van der Waals surface area contributed by atoms with Gasteiger partial charge in [-0.3, -0.25) is 14.4 Å². The van der Waals surface area contributed by atoms with Gasteiger partial charge in [-0.2, -0.15) is 0 Å². The number of allylic oxidation sites excluding steroid dienone is 14. The Morgan fingerprint density at radius 1 is 0.840 bits per heavy atom. The van der Waals surface area contributed by atoms with Gasteiger partial charge in [0, 0.05) is 30.4 Å². The van der Waals surface area contributed by atoms with E-state index in [0.29, 0.717) is 34.9 Å². The van der Waals surface area contributed by atoms with Gasteiger partial charge in [0.1, 0.15) is 0 Å². The Morgan fingerprint density at radius 3 is 2.08 bits per heavy atom. The van der Waals surface area contributed by atoms with Gasteiger partial charge in [0.05, 0.1) is 0 Å². The van der Waals surface area contributed by atoms with Crippen LogP contribution in [0.1, 0.15) is 19.3 Å². The summed E-state index contributed by atoms with van der Waals surface area (Å²) in [5.41, 5.74) is 8.30. The van der Waals surface area contributed by atoms with E-state index in [9.17, 15) is 14.4 Å². The molecule has 0 aromatic heterocycles. The molecule has 0 aliphatic heterocycles. The lowest BCUT2D eigenvalue weighted by molar-refractivity contribution is -0.115. The van der Waals surface area contributed by atoms with Crippen molar-refractivity contribution in [2.24, 2.45) is 5.64 Å². The van der Waals surface area contributed by atoms with Gasteiger partial charge in [-0.05, 0) is 10.9 Å². The predicted octanol–water partition coefficient (Wildman–Crippen LogP) is 2.31. The Balaban J connectivity index is 2.07. The monoisotopic (exact) mass is 331 g/mol. The minimum absolute atomic E-state index is 0.0320. The maximum atomic E-state index is 12.4. The van der Waals surface area contributed by atoms with Gasteiger partial charge < -0.3 is 5.64 Å². The molecular formula is C20H18BNO3. The van der Waals surface area contributed by atoms with E-state index in [0.717, 1.165) is 0 Å². The zero-order valence-electron chi connectivity index (χ0n) is 13.8. The van der Waals surface area contributed by atoms with Crippen LogP contribution in [-0.2, 0) is 14.4 Å². The molecule has 4 nitrogen and oxygen atoms in total. The Morgan fingerprint density at radius 2 is 1.44 bits per heavy atom. The van der Waals surface area contributed by atoms with Crippen LogP contribution in [0.4, 0.5) is 0 Å². The fourth-order valence-corrected chi connectivity index (χ4v) is 2.99. The average molecular weight is 331 g/mol. The molecule has 0 aromatic rings. The molecule has 124 valence electrons. The van der Waals surface area contributed by atoms with Crippen LogP contribution in [0.25, 0.3) is 0 Å². The predicted molar refractivity (Wildman–Crippen MR) is 98.6 cm³/mol. The summed E-state index contributed by atoms with van der Waals surface area (Å²) in [5.74, 6) is -0.164. The summed E-state index contributed by atoms with van der Waals surface area (Å²) in [6.07, 6.45) is 18.4. The first-order chi connectivity index (χ1) is 12.1. The van der Waals surface area contributed by atoms with Crippen molar-refractivity contribution in [1.29, 1.82) is 0 Å². The van der Waals surface area contributed by atoms with E-state index >= 15 is 0 Å². The number of carbonyl (C=O) groups is 3. The third kappa shape index (κ3) is 3.67. The third-order valence-corrected chi connectivity index (χ3v) is 4.37. The van der Waals surface area contributed by atoms with Crippen molar-refractivity contribution in [1.82, 2.24) is 0 Å². The summed E-state index contributed by atoms with van der Waals surface area (Å²) in [5, 5.41) is 0. The Kier molecular flexibility index (Phi) is 5.05. The quantitative estimate of drug-likeness (QED) is 0.802. The van der Waals surface area contributed by atoms with Crippen molar-refractivity contribution in [3.05, 3.63) is 82.9 Å². The third-order valence-electron chi connectivity index (χ3n) is 4.37. The molecule has 3 aliphatic carbocycles. The lowest BCUT2D eigenvalue weighted by Gasteiger charge is -2.20. The van der Waals surface area contributed by atoms with Crippen LogP contribution in [0.3, 0.4) is 0 Å². The molecular weight excluding hydrogens is 313 g/mol. The van der Waals surface area contributed by atoms with Crippen molar-refractivity contribution in [2.75, 3.05) is 0 Å². The second-order valence-electron chi connectivity index (χ2n) is 6.07. The van der Waals surface area contributed by atoms with Gasteiger partial charge in [0.25, 0.3) is 6.85 Å². The molecule has 0 aromatic carbocycles.